The maximum absolute atomic E-state index is 12.7. The number of halogens is 2. The third kappa shape index (κ3) is 3.89. The zero-order chi connectivity index (χ0) is 17.7. The predicted octanol–water partition coefficient (Wildman–Crippen LogP) is 3.16. The van der Waals surface area contributed by atoms with Gasteiger partial charge in [-0.05, 0) is 24.6 Å². The third-order valence-electron chi connectivity index (χ3n) is 3.10. The molecule has 0 unspecified atom stereocenters. The second kappa shape index (κ2) is 7.58. The molecule has 0 aliphatic carbocycles. The number of methoxy groups -OCH3 is 2. The molecule has 0 saturated heterocycles. The number of carbonyl (C=O) groups is 1. The fourth-order valence-electron chi connectivity index (χ4n) is 1.88. The summed E-state index contributed by atoms with van der Waals surface area (Å²) in [4.78, 5) is 11.7. The van der Waals surface area contributed by atoms with Crippen LogP contribution in [0.1, 0.15) is 17.7 Å². The first kappa shape index (κ1) is 17.5. The average molecular weight is 338 g/mol. The van der Waals surface area contributed by atoms with Crippen LogP contribution < -0.4 is 4.74 Å². The maximum atomic E-state index is 12.7. The van der Waals surface area contributed by atoms with Gasteiger partial charge < -0.3 is 14.2 Å². The van der Waals surface area contributed by atoms with Crippen LogP contribution in [0.2, 0.25) is 0 Å². The first-order valence-electron chi connectivity index (χ1n) is 6.90. The topological polar surface area (TPSA) is 62.6 Å². The van der Waals surface area contributed by atoms with Gasteiger partial charge in [0.25, 0.3) is 6.43 Å². The van der Waals surface area contributed by atoms with E-state index >= 15 is 0 Å². The van der Waals surface area contributed by atoms with E-state index in [-0.39, 0.29) is 11.5 Å². The quantitative estimate of drug-likeness (QED) is 0.460. The Balaban J connectivity index is 2.34. The average Bonchev–Trinajstić information content (AvgIpc) is 3.06. The van der Waals surface area contributed by atoms with Crippen molar-refractivity contribution in [2.24, 2.45) is 0 Å². The van der Waals surface area contributed by atoms with Gasteiger partial charge in [0.05, 0.1) is 19.9 Å². The minimum Gasteiger partial charge on any atom is -0.500 e. The Morgan fingerprint density at radius 2 is 2.04 bits per heavy atom. The highest BCUT2D eigenvalue weighted by Gasteiger charge is 2.16. The van der Waals surface area contributed by atoms with Crippen molar-refractivity contribution in [3.05, 3.63) is 53.7 Å². The van der Waals surface area contributed by atoms with Gasteiger partial charge in [0.1, 0.15) is 17.7 Å². The number of ether oxygens (including phenoxy) is 3. The summed E-state index contributed by atoms with van der Waals surface area (Å²) >= 11 is 0. The summed E-state index contributed by atoms with van der Waals surface area (Å²) in [6.07, 6.45) is -0.119. The third-order valence-corrected chi connectivity index (χ3v) is 3.10. The second-order valence-corrected chi connectivity index (χ2v) is 4.75. The van der Waals surface area contributed by atoms with Crippen molar-refractivity contribution >= 4 is 5.97 Å². The Hall–Kier alpha value is -2.90. The van der Waals surface area contributed by atoms with Crippen molar-refractivity contribution in [2.45, 2.75) is 13.3 Å². The number of benzene rings is 1. The van der Waals surface area contributed by atoms with Crippen molar-refractivity contribution in [1.82, 2.24) is 9.78 Å². The monoisotopic (exact) mass is 338 g/mol. The van der Waals surface area contributed by atoms with E-state index in [0.29, 0.717) is 11.4 Å². The zero-order valence-electron chi connectivity index (χ0n) is 13.3. The first-order valence-corrected chi connectivity index (χ1v) is 6.90. The predicted molar refractivity (Wildman–Crippen MR) is 81.0 cm³/mol. The molecule has 0 radical (unpaired) electrons. The second-order valence-electron chi connectivity index (χ2n) is 4.75. The SMILES string of the molecule is CO/C=C(\Oc1cc(-n2ccc(C(F)F)n2)ccc1C)C(=O)OC. The van der Waals surface area contributed by atoms with Gasteiger partial charge >= 0.3 is 5.97 Å². The molecule has 0 bridgehead atoms. The van der Waals surface area contributed by atoms with E-state index in [9.17, 15) is 13.6 Å². The molecule has 2 rings (SSSR count). The number of hydrogen-bond donors (Lipinski definition) is 0. The molecular formula is C16H16F2N2O4. The Morgan fingerprint density at radius 3 is 2.62 bits per heavy atom. The molecule has 0 fully saturated rings. The van der Waals surface area contributed by atoms with Crippen LogP contribution in [0.4, 0.5) is 8.78 Å². The van der Waals surface area contributed by atoms with E-state index in [1.54, 1.807) is 25.1 Å². The molecule has 1 heterocycles. The van der Waals surface area contributed by atoms with Crippen molar-refractivity contribution in [3.8, 4) is 11.4 Å². The molecule has 6 nitrogen and oxygen atoms in total. The van der Waals surface area contributed by atoms with Gasteiger partial charge in [-0.2, -0.15) is 5.10 Å². The van der Waals surface area contributed by atoms with E-state index in [0.717, 1.165) is 11.8 Å². The fourth-order valence-corrected chi connectivity index (χ4v) is 1.88. The Kier molecular flexibility index (Phi) is 5.51. The molecule has 24 heavy (non-hydrogen) atoms. The van der Waals surface area contributed by atoms with Crippen molar-refractivity contribution in [3.63, 3.8) is 0 Å². The number of aryl methyl sites for hydroxylation is 1. The van der Waals surface area contributed by atoms with Crippen LogP contribution in [0, 0.1) is 6.92 Å². The number of aromatic nitrogens is 2. The summed E-state index contributed by atoms with van der Waals surface area (Å²) in [6.45, 7) is 1.77. The molecule has 0 spiro atoms. The van der Waals surface area contributed by atoms with Crippen LogP contribution in [-0.2, 0) is 14.3 Å². The molecule has 0 aliphatic rings. The lowest BCUT2D eigenvalue weighted by Gasteiger charge is -2.12. The molecule has 1 aromatic heterocycles. The van der Waals surface area contributed by atoms with Gasteiger partial charge in [-0.1, -0.05) is 6.07 Å². The lowest BCUT2D eigenvalue weighted by Crippen LogP contribution is -2.12. The van der Waals surface area contributed by atoms with Crippen molar-refractivity contribution in [1.29, 1.82) is 0 Å². The van der Waals surface area contributed by atoms with Crippen LogP contribution in [0.25, 0.3) is 5.69 Å². The van der Waals surface area contributed by atoms with Gasteiger partial charge in [-0.25, -0.2) is 18.3 Å². The molecule has 8 heteroatoms. The minimum atomic E-state index is -2.65. The Bertz CT molecular complexity index is 756. The fraction of sp³-hybridized carbons (Fsp3) is 0.250. The highest BCUT2D eigenvalue weighted by atomic mass is 19.3. The standard InChI is InChI=1S/C16H16F2N2O4/c1-10-4-5-11(20-7-6-12(19-20)15(17)18)8-13(10)24-14(9-22-2)16(21)23-3/h4-9,15H,1-3H3/b14-9-. The summed E-state index contributed by atoms with van der Waals surface area (Å²) in [7, 11) is 2.58. The first-order chi connectivity index (χ1) is 11.5. The Labute approximate surface area is 137 Å². The maximum Gasteiger partial charge on any atom is 0.377 e. The lowest BCUT2D eigenvalue weighted by molar-refractivity contribution is -0.138. The molecule has 128 valence electrons. The molecule has 0 amide bonds. The lowest BCUT2D eigenvalue weighted by atomic mass is 10.2. The van der Waals surface area contributed by atoms with E-state index in [1.807, 2.05) is 0 Å². The van der Waals surface area contributed by atoms with E-state index < -0.39 is 12.4 Å². The molecule has 0 atom stereocenters. The highest BCUT2D eigenvalue weighted by molar-refractivity contribution is 5.86. The summed E-state index contributed by atoms with van der Waals surface area (Å²) in [5.41, 5.74) is 0.905. The number of carbonyl (C=O) groups excluding carboxylic acids is 1. The highest BCUT2D eigenvalue weighted by Crippen LogP contribution is 2.25. The van der Waals surface area contributed by atoms with Crippen LogP contribution in [0.5, 0.6) is 5.75 Å². The largest absolute Gasteiger partial charge is 0.500 e. The number of rotatable bonds is 6. The van der Waals surface area contributed by atoms with Crippen LogP contribution in [0.15, 0.2) is 42.5 Å². The summed E-state index contributed by atoms with van der Waals surface area (Å²) in [5.74, 6) is -0.509. The molecule has 0 N–H and O–H groups in total. The van der Waals surface area contributed by atoms with E-state index in [4.69, 9.17) is 9.47 Å². The molecule has 0 aliphatic heterocycles. The minimum absolute atomic E-state index is 0.144. The zero-order valence-corrected chi connectivity index (χ0v) is 13.3. The van der Waals surface area contributed by atoms with E-state index in [2.05, 4.69) is 9.84 Å². The van der Waals surface area contributed by atoms with Gasteiger partial charge in [0, 0.05) is 12.3 Å². The summed E-state index contributed by atoms with van der Waals surface area (Å²) in [6, 6.07) is 6.22. The van der Waals surface area contributed by atoms with Gasteiger partial charge in [-0.15, -0.1) is 0 Å². The van der Waals surface area contributed by atoms with Gasteiger partial charge in [0.15, 0.2) is 0 Å². The summed E-state index contributed by atoms with van der Waals surface area (Å²) < 4.78 is 41.5. The van der Waals surface area contributed by atoms with Gasteiger partial charge in [-0.3, -0.25) is 0 Å². The smallest absolute Gasteiger partial charge is 0.377 e. The van der Waals surface area contributed by atoms with Gasteiger partial charge in [0.2, 0.25) is 5.76 Å². The number of alkyl halides is 2. The summed E-state index contributed by atoms with van der Waals surface area (Å²) in [5, 5.41) is 3.80. The number of hydrogen-bond acceptors (Lipinski definition) is 5. The Morgan fingerprint density at radius 1 is 1.29 bits per heavy atom. The molecule has 0 saturated carbocycles. The van der Waals surface area contributed by atoms with Crippen LogP contribution >= 0.6 is 0 Å². The van der Waals surface area contributed by atoms with E-state index in [1.165, 1.54) is 31.2 Å². The molecule has 1 aromatic carbocycles. The van der Waals surface area contributed by atoms with Crippen LogP contribution in [-0.4, -0.2) is 30.0 Å². The number of esters is 1. The van der Waals surface area contributed by atoms with Crippen molar-refractivity contribution < 1.29 is 27.8 Å². The normalized spacial score (nSPS) is 11.5. The molecular weight excluding hydrogens is 322 g/mol. The van der Waals surface area contributed by atoms with Crippen LogP contribution in [0.3, 0.4) is 0 Å². The van der Waals surface area contributed by atoms with Crippen molar-refractivity contribution in [2.75, 3.05) is 14.2 Å². The number of nitrogens with zero attached hydrogens (tertiary/aromatic N) is 2. The molecule has 2 aromatic rings.